The monoisotopic (exact) mass is 380 g/mol. The molecule has 0 amide bonds. The number of thioether (sulfide) groups is 1. The van der Waals surface area contributed by atoms with Crippen LogP contribution in [0.4, 0.5) is 5.69 Å². The molecule has 0 spiro atoms. The van der Waals surface area contributed by atoms with E-state index >= 15 is 0 Å². The maximum atomic E-state index is 6.14. The van der Waals surface area contributed by atoms with Gasteiger partial charge in [0.2, 0.25) is 0 Å². The molecule has 0 aromatic heterocycles. The number of rotatable bonds is 8. The first-order valence-electron chi connectivity index (χ1n) is 7.69. The van der Waals surface area contributed by atoms with Crippen molar-refractivity contribution in [3.8, 4) is 5.75 Å². The predicted octanol–water partition coefficient (Wildman–Crippen LogP) is 4.96. The van der Waals surface area contributed by atoms with Crippen LogP contribution in [0.3, 0.4) is 0 Å². The van der Waals surface area contributed by atoms with Crippen molar-refractivity contribution in [2.45, 2.75) is 12.2 Å². The molecule has 0 heterocycles. The Morgan fingerprint density at radius 3 is 2.83 bits per heavy atom. The molecular weight excluding hydrogens is 360 g/mol. The van der Waals surface area contributed by atoms with Crippen LogP contribution in [0.1, 0.15) is 12.0 Å². The van der Waals surface area contributed by atoms with E-state index in [2.05, 4.69) is 16.7 Å². The highest BCUT2D eigenvalue weighted by Crippen LogP contribution is 2.21. The number of benzene rings is 2. The largest absolute Gasteiger partial charge is 0.497 e. The molecule has 6 heteroatoms. The normalized spacial score (nSPS) is 10.2. The zero-order chi connectivity index (χ0) is 17.2. The predicted molar refractivity (Wildman–Crippen MR) is 109 cm³/mol. The Hall–Kier alpha value is -1.43. The van der Waals surface area contributed by atoms with Crippen molar-refractivity contribution in [3.63, 3.8) is 0 Å². The van der Waals surface area contributed by atoms with Gasteiger partial charge in [0.15, 0.2) is 5.11 Å². The summed E-state index contributed by atoms with van der Waals surface area (Å²) < 4.78 is 5.19. The van der Waals surface area contributed by atoms with Gasteiger partial charge in [-0.2, -0.15) is 11.8 Å². The Kier molecular flexibility index (Phi) is 8.22. The number of methoxy groups -OCH3 is 1. The number of hydrogen-bond acceptors (Lipinski definition) is 3. The van der Waals surface area contributed by atoms with Crippen LogP contribution < -0.4 is 15.4 Å². The molecular formula is C18H21ClN2OS2. The maximum absolute atomic E-state index is 6.14. The minimum atomic E-state index is 0.624. The molecule has 0 aliphatic carbocycles. The topological polar surface area (TPSA) is 33.3 Å². The summed E-state index contributed by atoms with van der Waals surface area (Å²) in [6.07, 6.45) is 1.04. The van der Waals surface area contributed by atoms with Crippen molar-refractivity contribution in [2.24, 2.45) is 0 Å². The molecule has 24 heavy (non-hydrogen) atoms. The van der Waals surface area contributed by atoms with E-state index in [-0.39, 0.29) is 0 Å². The third-order valence-electron chi connectivity index (χ3n) is 3.29. The summed E-state index contributed by atoms with van der Waals surface area (Å²) in [4.78, 5) is 0. The Labute approximate surface area is 158 Å². The molecule has 0 fully saturated rings. The first-order chi connectivity index (χ1) is 11.7. The lowest BCUT2D eigenvalue weighted by Gasteiger charge is -2.11. The number of nitrogens with one attached hydrogen (secondary N) is 2. The fourth-order valence-corrected chi connectivity index (χ4v) is 3.52. The van der Waals surface area contributed by atoms with Crippen molar-refractivity contribution in [3.05, 3.63) is 59.1 Å². The number of anilines is 1. The van der Waals surface area contributed by atoms with Gasteiger partial charge in [0.05, 0.1) is 7.11 Å². The molecule has 2 aromatic rings. The number of halogens is 1. The lowest BCUT2D eigenvalue weighted by atomic mass is 10.2. The summed E-state index contributed by atoms with van der Waals surface area (Å²) in [6.45, 7) is 0.839. The first kappa shape index (κ1) is 18.9. The lowest BCUT2D eigenvalue weighted by Crippen LogP contribution is -2.29. The Morgan fingerprint density at radius 1 is 1.21 bits per heavy atom. The summed E-state index contributed by atoms with van der Waals surface area (Å²) >= 11 is 13.3. The zero-order valence-corrected chi connectivity index (χ0v) is 15.9. The van der Waals surface area contributed by atoms with E-state index in [9.17, 15) is 0 Å². The summed E-state index contributed by atoms with van der Waals surface area (Å²) in [7, 11) is 1.65. The molecule has 0 saturated heterocycles. The number of hydrogen-bond donors (Lipinski definition) is 2. The Bertz CT molecular complexity index is 667. The van der Waals surface area contributed by atoms with Crippen LogP contribution in [-0.4, -0.2) is 24.5 Å². The molecule has 128 valence electrons. The second kappa shape index (κ2) is 10.4. The molecule has 0 aliphatic rings. The summed E-state index contributed by atoms with van der Waals surface area (Å²) in [5, 5.41) is 7.84. The second-order valence-corrected chi connectivity index (χ2v) is 7.03. The van der Waals surface area contributed by atoms with Crippen molar-refractivity contribution in [1.29, 1.82) is 0 Å². The average molecular weight is 381 g/mol. The fraction of sp³-hybridized carbons (Fsp3) is 0.278. The van der Waals surface area contributed by atoms with E-state index in [1.54, 1.807) is 7.11 Å². The van der Waals surface area contributed by atoms with Gasteiger partial charge in [-0.25, -0.2) is 0 Å². The minimum absolute atomic E-state index is 0.624. The van der Waals surface area contributed by atoms with Crippen LogP contribution in [0.2, 0.25) is 5.02 Å². The molecule has 0 saturated carbocycles. The van der Waals surface area contributed by atoms with E-state index in [0.29, 0.717) is 5.11 Å². The Balaban J connectivity index is 1.60. The first-order valence-corrected chi connectivity index (χ1v) is 9.63. The van der Waals surface area contributed by atoms with E-state index in [1.807, 2.05) is 54.2 Å². The van der Waals surface area contributed by atoms with E-state index in [0.717, 1.165) is 40.9 Å². The van der Waals surface area contributed by atoms with Crippen LogP contribution in [0, 0.1) is 0 Å². The fourth-order valence-electron chi connectivity index (χ4n) is 2.05. The third-order valence-corrected chi connectivity index (χ3v) is 5.00. The van der Waals surface area contributed by atoms with Crippen molar-refractivity contribution in [1.82, 2.24) is 5.32 Å². The molecule has 0 unspecified atom stereocenters. The molecule has 2 rings (SSSR count). The smallest absolute Gasteiger partial charge is 0.170 e. The van der Waals surface area contributed by atoms with Crippen LogP contribution in [-0.2, 0) is 5.75 Å². The van der Waals surface area contributed by atoms with Gasteiger partial charge in [-0.05, 0) is 48.2 Å². The summed E-state index contributed by atoms with van der Waals surface area (Å²) in [6, 6.07) is 15.7. The summed E-state index contributed by atoms with van der Waals surface area (Å²) in [5.41, 5.74) is 2.10. The molecule has 0 radical (unpaired) electrons. The molecule has 3 nitrogen and oxygen atoms in total. The van der Waals surface area contributed by atoms with Crippen molar-refractivity contribution < 1.29 is 4.74 Å². The van der Waals surface area contributed by atoms with Gasteiger partial charge in [0, 0.05) is 29.1 Å². The van der Waals surface area contributed by atoms with Crippen LogP contribution in [0.5, 0.6) is 5.75 Å². The highest BCUT2D eigenvalue weighted by atomic mass is 35.5. The molecule has 2 aromatic carbocycles. The third kappa shape index (κ3) is 6.59. The van der Waals surface area contributed by atoms with Gasteiger partial charge in [-0.15, -0.1) is 0 Å². The van der Waals surface area contributed by atoms with Crippen LogP contribution in [0.15, 0.2) is 48.5 Å². The maximum Gasteiger partial charge on any atom is 0.170 e. The van der Waals surface area contributed by atoms with Crippen molar-refractivity contribution >= 4 is 46.4 Å². The minimum Gasteiger partial charge on any atom is -0.497 e. The van der Waals surface area contributed by atoms with Gasteiger partial charge in [-0.3, -0.25) is 0 Å². The van der Waals surface area contributed by atoms with E-state index < -0.39 is 0 Å². The van der Waals surface area contributed by atoms with Gasteiger partial charge in [-0.1, -0.05) is 35.9 Å². The van der Waals surface area contributed by atoms with E-state index in [4.69, 9.17) is 28.6 Å². The van der Waals surface area contributed by atoms with Gasteiger partial charge in [0.25, 0.3) is 0 Å². The van der Waals surface area contributed by atoms with Crippen LogP contribution >= 0.6 is 35.6 Å². The van der Waals surface area contributed by atoms with E-state index in [1.165, 1.54) is 5.56 Å². The van der Waals surface area contributed by atoms with Gasteiger partial charge >= 0.3 is 0 Å². The Morgan fingerprint density at radius 2 is 2.04 bits per heavy atom. The molecule has 0 aliphatic heterocycles. The molecule has 0 bridgehead atoms. The van der Waals surface area contributed by atoms with Crippen LogP contribution in [0.25, 0.3) is 0 Å². The highest BCUT2D eigenvalue weighted by Gasteiger charge is 2.01. The second-order valence-electron chi connectivity index (χ2n) is 5.11. The van der Waals surface area contributed by atoms with Gasteiger partial charge < -0.3 is 15.4 Å². The highest BCUT2D eigenvalue weighted by molar-refractivity contribution is 7.98. The molecule has 2 N–H and O–H groups in total. The van der Waals surface area contributed by atoms with Crippen molar-refractivity contribution in [2.75, 3.05) is 24.7 Å². The zero-order valence-electron chi connectivity index (χ0n) is 13.5. The number of ether oxygens (including phenoxy) is 1. The quantitative estimate of drug-likeness (QED) is 0.499. The standard InChI is InChI=1S/C18H21ClN2OS2/c1-22-16-8-4-7-15(12-16)21-18(23)20-10-5-11-24-13-14-6-2-3-9-17(14)19/h2-4,6-9,12H,5,10-11,13H2,1H3,(H2,20,21,23). The average Bonchev–Trinajstić information content (AvgIpc) is 2.59. The molecule has 0 atom stereocenters. The number of thiocarbonyl (C=S) groups is 1. The summed E-state index contributed by atoms with van der Waals surface area (Å²) in [5.74, 6) is 2.80. The SMILES string of the molecule is COc1cccc(NC(=S)NCCCSCc2ccccc2Cl)c1. The van der Waals surface area contributed by atoms with Gasteiger partial charge in [0.1, 0.15) is 5.75 Å². The lowest BCUT2D eigenvalue weighted by molar-refractivity contribution is 0.415.